The fourth-order valence-electron chi connectivity index (χ4n) is 2.54. The maximum Gasteiger partial charge on any atom is 0.239 e. The van der Waals surface area contributed by atoms with Crippen LogP contribution in [-0.2, 0) is 11.3 Å². The molecule has 0 radical (unpaired) electrons. The lowest BCUT2D eigenvalue weighted by Gasteiger charge is -2.19. The van der Waals surface area contributed by atoms with Crippen molar-refractivity contribution in [3.63, 3.8) is 0 Å². The first-order chi connectivity index (χ1) is 10.1. The van der Waals surface area contributed by atoms with Gasteiger partial charge in [-0.15, -0.1) is 0 Å². The average molecular weight is 284 g/mol. The number of primary amides is 1. The van der Waals surface area contributed by atoms with Crippen LogP contribution in [0.4, 0.5) is 5.69 Å². The number of hydrogen-bond acceptors (Lipinski definition) is 3. The molecule has 1 aliphatic carbocycles. The Bertz CT molecular complexity index is 628. The van der Waals surface area contributed by atoms with Gasteiger partial charge < -0.3 is 11.1 Å². The van der Waals surface area contributed by atoms with Crippen molar-refractivity contribution >= 4 is 11.6 Å². The van der Waals surface area contributed by atoms with Gasteiger partial charge in [-0.2, -0.15) is 5.10 Å². The minimum atomic E-state index is -0.387. The van der Waals surface area contributed by atoms with E-state index in [9.17, 15) is 4.79 Å². The van der Waals surface area contributed by atoms with Crippen LogP contribution in [0.25, 0.3) is 0 Å². The van der Waals surface area contributed by atoms with Gasteiger partial charge in [0.2, 0.25) is 5.91 Å². The van der Waals surface area contributed by atoms with Crippen LogP contribution in [0.2, 0.25) is 0 Å². The Labute approximate surface area is 124 Å². The van der Waals surface area contributed by atoms with E-state index < -0.39 is 0 Å². The summed E-state index contributed by atoms with van der Waals surface area (Å²) in [6, 6.07) is 8.95. The third-order valence-corrected chi connectivity index (χ3v) is 3.80. The van der Waals surface area contributed by atoms with E-state index in [4.69, 9.17) is 5.73 Å². The van der Waals surface area contributed by atoms with Crippen molar-refractivity contribution in [2.45, 2.75) is 32.4 Å². The Morgan fingerprint density at radius 1 is 1.43 bits per heavy atom. The molecule has 0 saturated heterocycles. The number of benzene rings is 1. The lowest BCUT2D eigenvalue weighted by atomic mass is 10.0. The molecule has 21 heavy (non-hydrogen) atoms. The lowest BCUT2D eigenvalue weighted by molar-refractivity contribution is -0.118. The first kappa shape index (κ1) is 13.7. The number of aryl methyl sites for hydroxylation is 1. The molecule has 1 saturated carbocycles. The van der Waals surface area contributed by atoms with Gasteiger partial charge >= 0.3 is 0 Å². The SMILES string of the molecule is Cc1ccc(C(Nc2cnn(CC(N)=O)c2)C2CC2)cc1. The van der Waals surface area contributed by atoms with E-state index in [0.29, 0.717) is 12.0 Å². The molecule has 1 fully saturated rings. The Morgan fingerprint density at radius 3 is 2.76 bits per heavy atom. The predicted octanol–water partition coefficient (Wildman–Crippen LogP) is 2.24. The van der Waals surface area contributed by atoms with Crippen molar-refractivity contribution in [3.8, 4) is 0 Å². The van der Waals surface area contributed by atoms with Gasteiger partial charge in [0.1, 0.15) is 6.54 Å². The third-order valence-electron chi connectivity index (χ3n) is 3.80. The van der Waals surface area contributed by atoms with E-state index in [-0.39, 0.29) is 12.5 Å². The number of nitrogens with two attached hydrogens (primary N) is 1. The molecular formula is C16H20N4O. The second kappa shape index (κ2) is 5.60. The molecular weight excluding hydrogens is 264 g/mol. The third kappa shape index (κ3) is 3.42. The topological polar surface area (TPSA) is 72.9 Å². The summed E-state index contributed by atoms with van der Waals surface area (Å²) in [7, 11) is 0. The highest BCUT2D eigenvalue weighted by Gasteiger charge is 2.32. The molecule has 5 heteroatoms. The van der Waals surface area contributed by atoms with Crippen LogP contribution in [0, 0.1) is 12.8 Å². The molecule has 3 N–H and O–H groups in total. The summed E-state index contributed by atoms with van der Waals surface area (Å²) >= 11 is 0. The van der Waals surface area contributed by atoms with Crippen LogP contribution >= 0.6 is 0 Å². The van der Waals surface area contributed by atoms with Crippen molar-refractivity contribution in [3.05, 3.63) is 47.8 Å². The summed E-state index contributed by atoms with van der Waals surface area (Å²) in [6.45, 7) is 2.21. The minimum absolute atomic E-state index is 0.111. The molecule has 1 aromatic heterocycles. The van der Waals surface area contributed by atoms with E-state index in [2.05, 4.69) is 41.6 Å². The van der Waals surface area contributed by atoms with E-state index in [1.165, 1.54) is 24.0 Å². The number of carbonyl (C=O) groups is 1. The minimum Gasteiger partial charge on any atom is -0.375 e. The zero-order valence-corrected chi connectivity index (χ0v) is 12.1. The molecule has 0 aliphatic heterocycles. The quantitative estimate of drug-likeness (QED) is 0.854. The molecule has 0 bridgehead atoms. The molecule has 1 aliphatic rings. The van der Waals surface area contributed by atoms with Gasteiger partial charge in [0, 0.05) is 6.20 Å². The van der Waals surface area contributed by atoms with Gasteiger partial charge in [-0.25, -0.2) is 0 Å². The molecule has 3 rings (SSSR count). The number of rotatable bonds is 6. The Balaban J connectivity index is 1.74. The van der Waals surface area contributed by atoms with Crippen LogP contribution < -0.4 is 11.1 Å². The molecule has 1 atom stereocenters. The molecule has 1 heterocycles. The Morgan fingerprint density at radius 2 is 2.14 bits per heavy atom. The van der Waals surface area contributed by atoms with E-state index in [0.717, 1.165) is 5.69 Å². The second-order valence-corrected chi connectivity index (χ2v) is 5.76. The Kier molecular flexibility index (Phi) is 3.64. The molecule has 2 aromatic rings. The van der Waals surface area contributed by atoms with E-state index in [1.54, 1.807) is 10.9 Å². The zero-order chi connectivity index (χ0) is 14.8. The fourth-order valence-corrected chi connectivity index (χ4v) is 2.54. The molecule has 5 nitrogen and oxygen atoms in total. The van der Waals surface area contributed by atoms with Gasteiger partial charge in [-0.3, -0.25) is 9.48 Å². The summed E-state index contributed by atoms with van der Waals surface area (Å²) in [5.74, 6) is 0.286. The first-order valence-corrected chi connectivity index (χ1v) is 7.25. The number of amides is 1. The van der Waals surface area contributed by atoms with Gasteiger partial charge in [0.25, 0.3) is 0 Å². The summed E-state index contributed by atoms with van der Waals surface area (Å²) in [5, 5.41) is 7.69. The standard InChI is InChI=1S/C16H20N4O/c1-11-2-4-12(5-3-11)16(13-6-7-13)19-14-8-18-20(9-14)10-15(17)21/h2-5,8-9,13,16,19H,6-7,10H2,1H3,(H2,17,21). The maximum atomic E-state index is 10.9. The van der Waals surface area contributed by atoms with Crippen LogP contribution in [0.15, 0.2) is 36.7 Å². The monoisotopic (exact) mass is 284 g/mol. The Hall–Kier alpha value is -2.30. The maximum absolute atomic E-state index is 10.9. The molecule has 0 spiro atoms. The normalized spacial score (nSPS) is 15.7. The van der Waals surface area contributed by atoms with Crippen LogP contribution in [0.5, 0.6) is 0 Å². The van der Waals surface area contributed by atoms with Crippen LogP contribution in [0.1, 0.15) is 30.0 Å². The summed E-state index contributed by atoms with van der Waals surface area (Å²) < 4.78 is 1.56. The number of nitrogens with one attached hydrogen (secondary N) is 1. The summed E-state index contributed by atoms with van der Waals surface area (Å²) in [4.78, 5) is 10.9. The van der Waals surface area contributed by atoms with E-state index in [1.807, 2.05) is 6.20 Å². The van der Waals surface area contributed by atoms with E-state index >= 15 is 0 Å². The smallest absolute Gasteiger partial charge is 0.239 e. The highest BCUT2D eigenvalue weighted by Crippen LogP contribution is 2.42. The number of anilines is 1. The molecule has 1 unspecified atom stereocenters. The van der Waals surface area contributed by atoms with Gasteiger partial charge in [0.05, 0.1) is 17.9 Å². The molecule has 1 aromatic carbocycles. The van der Waals surface area contributed by atoms with Gasteiger partial charge in [-0.1, -0.05) is 29.8 Å². The second-order valence-electron chi connectivity index (χ2n) is 5.76. The van der Waals surface area contributed by atoms with Crippen molar-refractivity contribution < 1.29 is 4.79 Å². The molecule has 1 amide bonds. The summed E-state index contributed by atoms with van der Waals surface area (Å²) in [5.41, 5.74) is 8.67. The number of carbonyl (C=O) groups excluding carboxylic acids is 1. The number of aromatic nitrogens is 2. The molecule has 110 valence electrons. The first-order valence-electron chi connectivity index (χ1n) is 7.25. The average Bonchev–Trinajstić information content (AvgIpc) is 3.19. The van der Waals surface area contributed by atoms with Crippen LogP contribution in [-0.4, -0.2) is 15.7 Å². The highest BCUT2D eigenvalue weighted by molar-refractivity contribution is 5.73. The number of hydrogen-bond donors (Lipinski definition) is 2. The van der Waals surface area contributed by atoms with Crippen LogP contribution in [0.3, 0.4) is 0 Å². The summed E-state index contributed by atoms with van der Waals surface area (Å²) in [6.07, 6.45) is 6.07. The zero-order valence-electron chi connectivity index (χ0n) is 12.1. The predicted molar refractivity (Wildman–Crippen MR) is 81.7 cm³/mol. The van der Waals surface area contributed by atoms with Gasteiger partial charge in [0.15, 0.2) is 0 Å². The van der Waals surface area contributed by atoms with Crippen molar-refractivity contribution in [2.75, 3.05) is 5.32 Å². The van der Waals surface area contributed by atoms with Gasteiger partial charge in [-0.05, 0) is 31.2 Å². The highest BCUT2D eigenvalue weighted by atomic mass is 16.1. The fraction of sp³-hybridized carbons (Fsp3) is 0.375. The van der Waals surface area contributed by atoms with Crippen molar-refractivity contribution in [1.29, 1.82) is 0 Å². The number of nitrogens with zero attached hydrogens (tertiary/aromatic N) is 2. The van der Waals surface area contributed by atoms with Crippen molar-refractivity contribution in [2.24, 2.45) is 11.7 Å². The van der Waals surface area contributed by atoms with Crippen molar-refractivity contribution in [1.82, 2.24) is 9.78 Å². The largest absolute Gasteiger partial charge is 0.375 e. The lowest BCUT2D eigenvalue weighted by Crippen LogP contribution is -2.18.